The molecule has 0 aromatic heterocycles. The van der Waals surface area contributed by atoms with E-state index in [1.165, 1.54) is 12.8 Å². The maximum atomic E-state index is 12.0. The van der Waals surface area contributed by atoms with E-state index in [0.29, 0.717) is 23.4 Å². The fraction of sp³-hybridized carbons (Fsp3) is 0.889. The van der Waals surface area contributed by atoms with Crippen molar-refractivity contribution < 1.29 is 9.59 Å². The molecule has 3 rings (SSSR count). The van der Waals surface area contributed by atoms with Crippen molar-refractivity contribution in [1.29, 1.82) is 0 Å². The summed E-state index contributed by atoms with van der Waals surface area (Å²) in [6, 6.07) is 0. The lowest BCUT2D eigenvalue weighted by atomic mass is 9.87. The van der Waals surface area contributed by atoms with Gasteiger partial charge in [0, 0.05) is 63.9 Å². The molecule has 1 aliphatic heterocycles. The van der Waals surface area contributed by atoms with E-state index in [-0.39, 0.29) is 0 Å². The van der Waals surface area contributed by atoms with E-state index in [2.05, 4.69) is 9.80 Å². The predicted octanol–water partition coefficient (Wildman–Crippen LogP) is 2.12. The molecule has 2 atom stereocenters. The minimum atomic E-state index is 0.292. The van der Waals surface area contributed by atoms with E-state index in [0.717, 1.165) is 77.8 Å². The molecule has 0 aromatic carbocycles. The Morgan fingerprint density at radius 1 is 0.682 bits per heavy atom. The summed E-state index contributed by atoms with van der Waals surface area (Å²) in [4.78, 5) is 28.8. The fourth-order valence-electron chi connectivity index (χ4n) is 4.27. The molecule has 0 bridgehead atoms. The van der Waals surface area contributed by atoms with Crippen LogP contribution in [0.3, 0.4) is 0 Å². The highest BCUT2D eigenvalue weighted by molar-refractivity contribution is 5.82. The Bertz CT molecular complexity index is 364. The molecule has 0 aromatic rings. The summed E-state index contributed by atoms with van der Waals surface area (Å²) in [5.74, 6) is 1.56. The summed E-state index contributed by atoms with van der Waals surface area (Å²) in [5, 5.41) is 0. The van der Waals surface area contributed by atoms with Crippen LogP contribution in [0.4, 0.5) is 0 Å². The monoisotopic (exact) mass is 306 g/mol. The number of piperazine rings is 1. The zero-order valence-electron chi connectivity index (χ0n) is 13.8. The minimum absolute atomic E-state index is 0.292. The summed E-state index contributed by atoms with van der Waals surface area (Å²) in [6.07, 6.45) is 8.42. The Labute approximate surface area is 134 Å². The third-order valence-electron chi connectivity index (χ3n) is 5.78. The van der Waals surface area contributed by atoms with Gasteiger partial charge < -0.3 is 9.80 Å². The van der Waals surface area contributed by atoms with Crippen molar-refractivity contribution in [3.63, 3.8) is 0 Å². The van der Waals surface area contributed by atoms with Crippen LogP contribution in [-0.2, 0) is 9.59 Å². The molecule has 0 radical (unpaired) electrons. The molecule has 1 saturated heterocycles. The largest absolute Gasteiger partial charge is 0.300 e. The molecule has 0 amide bonds. The van der Waals surface area contributed by atoms with E-state index in [4.69, 9.17) is 0 Å². The first-order valence-corrected chi connectivity index (χ1v) is 9.22. The van der Waals surface area contributed by atoms with Gasteiger partial charge in [0.2, 0.25) is 0 Å². The van der Waals surface area contributed by atoms with Crippen molar-refractivity contribution in [1.82, 2.24) is 9.80 Å². The van der Waals surface area contributed by atoms with Gasteiger partial charge in [-0.2, -0.15) is 0 Å². The average molecular weight is 306 g/mol. The number of rotatable bonds is 4. The van der Waals surface area contributed by atoms with Gasteiger partial charge in [-0.15, -0.1) is 0 Å². The van der Waals surface area contributed by atoms with Crippen LogP contribution in [0.1, 0.15) is 51.4 Å². The smallest absolute Gasteiger partial charge is 0.137 e. The van der Waals surface area contributed by atoms with Gasteiger partial charge in [0.1, 0.15) is 11.6 Å². The standard InChI is InChI=1S/C18H30N2O2/c21-17-7-3-1-5-15(17)13-19-9-11-20(12-10-19)14-16-6-2-4-8-18(16)22/h15-16H,1-14H2/t15-,16-/m0/s1. The first kappa shape index (κ1) is 16.1. The van der Waals surface area contributed by atoms with E-state index < -0.39 is 0 Å². The molecule has 4 heteroatoms. The van der Waals surface area contributed by atoms with Crippen LogP contribution in [0.25, 0.3) is 0 Å². The lowest BCUT2D eigenvalue weighted by Gasteiger charge is -2.38. The van der Waals surface area contributed by atoms with Crippen LogP contribution >= 0.6 is 0 Å². The number of hydrogen-bond acceptors (Lipinski definition) is 4. The number of nitrogens with zero attached hydrogens (tertiary/aromatic N) is 2. The minimum Gasteiger partial charge on any atom is -0.300 e. The van der Waals surface area contributed by atoms with Gasteiger partial charge in [0.05, 0.1) is 0 Å². The van der Waals surface area contributed by atoms with E-state index >= 15 is 0 Å². The van der Waals surface area contributed by atoms with Crippen molar-refractivity contribution in [3.05, 3.63) is 0 Å². The van der Waals surface area contributed by atoms with Gasteiger partial charge in [-0.05, 0) is 25.7 Å². The molecule has 124 valence electrons. The lowest BCUT2D eigenvalue weighted by Crippen LogP contribution is -2.50. The van der Waals surface area contributed by atoms with E-state index in [1.54, 1.807) is 0 Å². The highest BCUT2D eigenvalue weighted by Gasteiger charge is 2.28. The lowest BCUT2D eigenvalue weighted by molar-refractivity contribution is -0.126. The van der Waals surface area contributed by atoms with Crippen molar-refractivity contribution in [3.8, 4) is 0 Å². The van der Waals surface area contributed by atoms with Crippen LogP contribution in [0.2, 0.25) is 0 Å². The number of Topliss-reactive ketones (excluding diaryl/α,β-unsaturated/α-hetero) is 2. The summed E-state index contributed by atoms with van der Waals surface area (Å²) in [6.45, 7) is 6.18. The quantitative estimate of drug-likeness (QED) is 0.798. The molecular weight excluding hydrogens is 276 g/mol. The third-order valence-corrected chi connectivity index (χ3v) is 5.78. The second-order valence-electron chi connectivity index (χ2n) is 7.42. The second kappa shape index (κ2) is 7.69. The summed E-state index contributed by atoms with van der Waals surface area (Å²) < 4.78 is 0. The summed E-state index contributed by atoms with van der Waals surface area (Å²) in [5.41, 5.74) is 0. The van der Waals surface area contributed by atoms with Crippen LogP contribution in [-0.4, -0.2) is 60.6 Å². The molecule has 1 heterocycles. The molecular formula is C18H30N2O2. The summed E-state index contributed by atoms with van der Waals surface area (Å²) >= 11 is 0. The Kier molecular flexibility index (Phi) is 5.64. The number of ketones is 2. The third kappa shape index (κ3) is 4.17. The van der Waals surface area contributed by atoms with Gasteiger partial charge in [-0.25, -0.2) is 0 Å². The van der Waals surface area contributed by atoms with Crippen LogP contribution in [0.15, 0.2) is 0 Å². The Hall–Kier alpha value is -0.740. The van der Waals surface area contributed by atoms with Crippen LogP contribution in [0, 0.1) is 11.8 Å². The molecule has 4 nitrogen and oxygen atoms in total. The fourth-order valence-corrected chi connectivity index (χ4v) is 4.27. The van der Waals surface area contributed by atoms with Gasteiger partial charge in [-0.3, -0.25) is 9.59 Å². The summed E-state index contributed by atoms with van der Waals surface area (Å²) in [7, 11) is 0. The van der Waals surface area contributed by atoms with Crippen LogP contribution < -0.4 is 0 Å². The Morgan fingerprint density at radius 2 is 1.09 bits per heavy atom. The van der Waals surface area contributed by atoms with Crippen LogP contribution in [0.5, 0.6) is 0 Å². The molecule has 0 spiro atoms. The van der Waals surface area contributed by atoms with Crippen molar-refractivity contribution in [2.24, 2.45) is 11.8 Å². The zero-order chi connectivity index (χ0) is 15.4. The van der Waals surface area contributed by atoms with Crippen molar-refractivity contribution >= 4 is 11.6 Å². The van der Waals surface area contributed by atoms with Crippen molar-refractivity contribution in [2.75, 3.05) is 39.3 Å². The Balaban J connectivity index is 1.40. The highest BCUT2D eigenvalue weighted by Crippen LogP contribution is 2.24. The zero-order valence-corrected chi connectivity index (χ0v) is 13.8. The molecule has 0 N–H and O–H groups in total. The number of hydrogen-bond donors (Lipinski definition) is 0. The van der Waals surface area contributed by atoms with Gasteiger partial charge >= 0.3 is 0 Å². The molecule has 2 aliphatic carbocycles. The predicted molar refractivity (Wildman–Crippen MR) is 86.8 cm³/mol. The van der Waals surface area contributed by atoms with Crippen molar-refractivity contribution in [2.45, 2.75) is 51.4 Å². The highest BCUT2D eigenvalue weighted by atomic mass is 16.1. The average Bonchev–Trinajstić information content (AvgIpc) is 2.54. The first-order chi connectivity index (χ1) is 10.7. The van der Waals surface area contributed by atoms with E-state index in [1.807, 2.05) is 0 Å². The maximum absolute atomic E-state index is 12.0. The molecule has 0 unspecified atom stereocenters. The number of carbonyl (C=O) groups excluding carboxylic acids is 2. The SMILES string of the molecule is O=C1CCCC[C@H]1CN1CCN(C[C@@H]2CCCCC2=O)CC1. The molecule has 3 aliphatic rings. The second-order valence-corrected chi connectivity index (χ2v) is 7.42. The maximum Gasteiger partial charge on any atom is 0.137 e. The normalized spacial score (nSPS) is 32.4. The number of carbonyl (C=O) groups is 2. The van der Waals surface area contributed by atoms with Gasteiger partial charge in [0.15, 0.2) is 0 Å². The van der Waals surface area contributed by atoms with Gasteiger partial charge in [-0.1, -0.05) is 12.8 Å². The van der Waals surface area contributed by atoms with Gasteiger partial charge in [0.25, 0.3) is 0 Å². The molecule has 22 heavy (non-hydrogen) atoms. The first-order valence-electron chi connectivity index (χ1n) is 9.22. The Morgan fingerprint density at radius 3 is 1.45 bits per heavy atom. The van der Waals surface area contributed by atoms with E-state index in [9.17, 15) is 9.59 Å². The topological polar surface area (TPSA) is 40.6 Å². The molecule has 3 fully saturated rings. The molecule has 2 saturated carbocycles.